The molecule has 0 amide bonds. The highest BCUT2D eigenvalue weighted by atomic mass is 16.3. The number of hydrogen-bond donors (Lipinski definition) is 2. The van der Waals surface area contributed by atoms with Crippen molar-refractivity contribution in [3.05, 3.63) is 60.2 Å². The number of aliphatic hydroxyl groups excluding tert-OH is 2. The number of benzene rings is 1. The highest BCUT2D eigenvalue weighted by molar-refractivity contribution is 5.75. The van der Waals surface area contributed by atoms with Gasteiger partial charge in [0.15, 0.2) is 0 Å². The normalized spacial score (nSPS) is 13.4. The van der Waals surface area contributed by atoms with Crippen LogP contribution < -0.4 is 0 Å². The van der Waals surface area contributed by atoms with Crippen LogP contribution in [0.1, 0.15) is 57.4 Å². The number of carbonyl (C=O) groups excluding carboxylic acids is 1. The zero-order valence-electron chi connectivity index (χ0n) is 16.3. The molecule has 3 heteroatoms. The third kappa shape index (κ3) is 12.8. The molecule has 1 aromatic rings. The predicted octanol–water partition coefficient (Wildman–Crippen LogP) is 4.39. The maximum atomic E-state index is 10.8. The Kier molecular flexibility index (Phi) is 12.7. The van der Waals surface area contributed by atoms with Crippen LogP contribution in [0.15, 0.2) is 54.6 Å². The number of aryl methyl sites for hydroxylation is 1. The minimum absolute atomic E-state index is 0.107. The van der Waals surface area contributed by atoms with Crippen molar-refractivity contribution in [3.8, 4) is 11.8 Å². The zero-order chi connectivity index (χ0) is 19.7. The topological polar surface area (TPSA) is 57.5 Å². The number of ketones is 1. The van der Waals surface area contributed by atoms with Crippen molar-refractivity contribution in [2.45, 2.75) is 70.5 Å². The van der Waals surface area contributed by atoms with E-state index < -0.39 is 12.2 Å². The van der Waals surface area contributed by atoms with E-state index in [2.05, 4.69) is 36.1 Å². The fourth-order valence-electron chi connectivity index (χ4n) is 2.55. The highest BCUT2D eigenvalue weighted by Gasteiger charge is 2.12. The number of hydrogen-bond acceptors (Lipinski definition) is 3. The maximum Gasteiger partial charge on any atom is 0.129 e. The molecule has 0 saturated carbocycles. The van der Waals surface area contributed by atoms with Crippen LogP contribution in [0.3, 0.4) is 0 Å². The van der Waals surface area contributed by atoms with E-state index in [-0.39, 0.29) is 5.78 Å². The summed E-state index contributed by atoms with van der Waals surface area (Å²) in [4.78, 5) is 10.8. The molecule has 0 aliphatic carbocycles. The van der Waals surface area contributed by atoms with Gasteiger partial charge in [0.1, 0.15) is 5.78 Å². The van der Waals surface area contributed by atoms with E-state index in [4.69, 9.17) is 0 Å². The van der Waals surface area contributed by atoms with Crippen LogP contribution in [0.4, 0.5) is 0 Å². The molecule has 2 N–H and O–H groups in total. The SMILES string of the molecule is CC(=O)CCC[C@H](O)[C@H](O)/C=C/C=C/CCCC#CCCc1ccccc1. The summed E-state index contributed by atoms with van der Waals surface area (Å²) < 4.78 is 0. The molecular weight excluding hydrogens is 336 g/mol. The molecule has 3 nitrogen and oxygen atoms in total. The van der Waals surface area contributed by atoms with Crippen LogP contribution in [-0.4, -0.2) is 28.2 Å². The number of allylic oxidation sites excluding steroid dienone is 3. The Balaban J connectivity index is 2.07. The van der Waals surface area contributed by atoms with Crippen molar-refractivity contribution in [1.29, 1.82) is 0 Å². The predicted molar refractivity (Wildman–Crippen MR) is 111 cm³/mol. The second-order valence-electron chi connectivity index (χ2n) is 6.70. The lowest BCUT2D eigenvalue weighted by Gasteiger charge is -2.13. The van der Waals surface area contributed by atoms with Gasteiger partial charge in [-0.25, -0.2) is 0 Å². The first kappa shape index (κ1) is 22.9. The van der Waals surface area contributed by atoms with Crippen molar-refractivity contribution >= 4 is 5.78 Å². The van der Waals surface area contributed by atoms with Crippen LogP contribution in [0.5, 0.6) is 0 Å². The minimum atomic E-state index is -0.892. The Bertz CT molecular complexity index is 635. The van der Waals surface area contributed by atoms with Gasteiger partial charge in [0, 0.05) is 19.3 Å². The molecule has 2 atom stereocenters. The van der Waals surface area contributed by atoms with Crippen LogP contribution in [0.25, 0.3) is 0 Å². The van der Waals surface area contributed by atoms with Crippen molar-refractivity contribution in [1.82, 2.24) is 0 Å². The lowest BCUT2D eigenvalue weighted by molar-refractivity contribution is -0.117. The molecule has 0 aromatic heterocycles. The standard InChI is InChI=1S/C24H32O3/c1-21(25)15-14-20-24(27)23(26)19-13-8-6-4-2-3-5-7-10-16-22-17-11-9-12-18-22/h6,8-9,11-13,17-19,23-24,26-27H,2-4,10,14-16,20H2,1H3/b8-6+,19-13+/t23-,24+/m1/s1. The van der Waals surface area contributed by atoms with E-state index in [1.54, 1.807) is 12.2 Å². The third-order valence-corrected chi connectivity index (χ3v) is 4.16. The molecule has 1 rings (SSSR count). The van der Waals surface area contributed by atoms with Crippen LogP contribution in [0.2, 0.25) is 0 Å². The Morgan fingerprint density at radius 2 is 1.81 bits per heavy atom. The van der Waals surface area contributed by atoms with Gasteiger partial charge in [-0.3, -0.25) is 0 Å². The van der Waals surface area contributed by atoms with E-state index >= 15 is 0 Å². The summed E-state index contributed by atoms with van der Waals surface area (Å²) in [5.74, 6) is 6.53. The first-order valence-electron chi connectivity index (χ1n) is 9.78. The number of Topliss-reactive ketones (excluding diaryl/α,β-unsaturated/α-hetero) is 1. The van der Waals surface area contributed by atoms with Crippen molar-refractivity contribution in [2.75, 3.05) is 0 Å². The zero-order valence-corrected chi connectivity index (χ0v) is 16.3. The molecule has 0 fully saturated rings. The van der Waals surface area contributed by atoms with Gasteiger partial charge in [0.05, 0.1) is 12.2 Å². The first-order valence-corrected chi connectivity index (χ1v) is 9.78. The van der Waals surface area contributed by atoms with Gasteiger partial charge >= 0.3 is 0 Å². The van der Waals surface area contributed by atoms with Gasteiger partial charge in [0.2, 0.25) is 0 Å². The average Bonchev–Trinajstić information content (AvgIpc) is 2.66. The summed E-state index contributed by atoms with van der Waals surface area (Å²) in [6, 6.07) is 10.4. The fraction of sp³-hybridized carbons (Fsp3) is 0.458. The Morgan fingerprint density at radius 1 is 1.07 bits per heavy atom. The van der Waals surface area contributed by atoms with E-state index in [0.717, 1.165) is 32.1 Å². The second kappa shape index (κ2) is 15.0. The van der Waals surface area contributed by atoms with Gasteiger partial charge in [-0.15, -0.1) is 11.8 Å². The fourth-order valence-corrected chi connectivity index (χ4v) is 2.55. The molecule has 0 saturated heterocycles. The van der Waals surface area contributed by atoms with Gasteiger partial charge in [0.25, 0.3) is 0 Å². The average molecular weight is 369 g/mol. The van der Waals surface area contributed by atoms with Crippen molar-refractivity contribution < 1.29 is 15.0 Å². The van der Waals surface area contributed by atoms with Gasteiger partial charge in [-0.2, -0.15) is 0 Å². The van der Waals surface area contributed by atoms with Crippen LogP contribution in [0, 0.1) is 11.8 Å². The summed E-state index contributed by atoms with van der Waals surface area (Å²) in [6.07, 6.45) is 11.8. The molecule has 27 heavy (non-hydrogen) atoms. The van der Waals surface area contributed by atoms with Gasteiger partial charge < -0.3 is 15.0 Å². The molecule has 0 radical (unpaired) electrons. The quantitative estimate of drug-likeness (QED) is 0.327. The molecule has 1 aromatic carbocycles. The molecule has 0 heterocycles. The molecule has 146 valence electrons. The van der Waals surface area contributed by atoms with E-state index in [1.165, 1.54) is 12.5 Å². The Labute approximate surface area is 163 Å². The first-order chi connectivity index (χ1) is 13.1. The Morgan fingerprint density at radius 3 is 2.56 bits per heavy atom. The smallest absolute Gasteiger partial charge is 0.129 e. The number of rotatable bonds is 12. The van der Waals surface area contributed by atoms with Crippen molar-refractivity contribution in [2.24, 2.45) is 0 Å². The molecular formula is C24H32O3. The number of aliphatic hydroxyl groups is 2. The Hall–Kier alpha value is -2.15. The maximum absolute atomic E-state index is 10.8. The third-order valence-electron chi connectivity index (χ3n) is 4.16. The van der Waals surface area contributed by atoms with E-state index in [1.807, 2.05) is 18.2 Å². The number of carbonyl (C=O) groups is 1. The highest BCUT2D eigenvalue weighted by Crippen LogP contribution is 2.07. The molecule has 0 aliphatic heterocycles. The van der Waals surface area contributed by atoms with Gasteiger partial charge in [-0.1, -0.05) is 54.6 Å². The van der Waals surface area contributed by atoms with Crippen molar-refractivity contribution in [3.63, 3.8) is 0 Å². The van der Waals surface area contributed by atoms with Crippen LogP contribution >= 0.6 is 0 Å². The summed E-state index contributed by atoms with van der Waals surface area (Å²) >= 11 is 0. The van der Waals surface area contributed by atoms with E-state index in [0.29, 0.717) is 19.3 Å². The molecule has 0 aliphatic rings. The largest absolute Gasteiger partial charge is 0.390 e. The lowest BCUT2D eigenvalue weighted by atomic mass is 10.1. The summed E-state index contributed by atoms with van der Waals surface area (Å²) in [6.45, 7) is 1.53. The minimum Gasteiger partial charge on any atom is -0.390 e. The summed E-state index contributed by atoms with van der Waals surface area (Å²) in [7, 11) is 0. The molecule has 0 spiro atoms. The second-order valence-corrected chi connectivity index (χ2v) is 6.70. The number of unbranched alkanes of at least 4 members (excludes halogenated alkanes) is 2. The van der Waals surface area contributed by atoms with E-state index in [9.17, 15) is 15.0 Å². The van der Waals surface area contributed by atoms with Crippen LogP contribution in [-0.2, 0) is 11.2 Å². The summed E-state index contributed by atoms with van der Waals surface area (Å²) in [5, 5.41) is 19.6. The molecule has 0 unspecified atom stereocenters. The summed E-state index contributed by atoms with van der Waals surface area (Å²) in [5.41, 5.74) is 1.33. The molecule has 0 bridgehead atoms. The lowest BCUT2D eigenvalue weighted by Crippen LogP contribution is -2.23. The van der Waals surface area contributed by atoms with Gasteiger partial charge in [-0.05, 0) is 44.6 Å². The monoisotopic (exact) mass is 368 g/mol.